The highest BCUT2D eigenvalue weighted by atomic mass is 16.5. The second kappa shape index (κ2) is 3.44. The van der Waals surface area contributed by atoms with Gasteiger partial charge in [-0.15, -0.1) is 0 Å². The van der Waals surface area contributed by atoms with E-state index in [0.29, 0.717) is 0 Å². The van der Waals surface area contributed by atoms with E-state index in [2.05, 4.69) is 4.90 Å². The maximum absolute atomic E-state index is 7.82. The lowest BCUT2D eigenvalue weighted by Crippen LogP contribution is -2.40. The lowest BCUT2D eigenvalue weighted by molar-refractivity contribution is 0.0667. The van der Waals surface area contributed by atoms with E-state index in [0.717, 1.165) is 44.5 Å². The summed E-state index contributed by atoms with van der Waals surface area (Å²) in [5, 5.41) is 7.82. The predicted molar refractivity (Wildman–Crippen MR) is 47.5 cm³/mol. The first-order chi connectivity index (χ1) is 5.86. The second-order valence-corrected chi connectivity index (χ2v) is 3.69. The summed E-state index contributed by atoms with van der Waals surface area (Å²) in [6, 6.07) is 0. The molecule has 0 bridgehead atoms. The van der Waals surface area contributed by atoms with Crippen molar-refractivity contribution in [2.24, 2.45) is 5.92 Å². The van der Waals surface area contributed by atoms with Crippen molar-refractivity contribution in [3.05, 3.63) is 0 Å². The quantitative estimate of drug-likeness (QED) is 0.495. The second-order valence-electron chi connectivity index (χ2n) is 3.69. The molecular formula is C9H16N2O. The summed E-state index contributed by atoms with van der Waals surface area (Å²) in [6.45, 7) is 3.44. The largest absolute Gasteiger partial charge is 0.378 e. The van der Waals surface area contributed by atoms with E-state index in [1.54, 1.807) is 0 Å². The van der Waals surface area contributed by atoms with Gasteiger partial charge in [-0.3, -0.25) is 5.41 Å². The van der Waals surface area contributed by atoms with Crippen molar-refractivity contribution >= 4 is 5.84 Å². The Labute approximate surface area is 73.2 Å². The third-order valence-electron chi connectivity index (χ3n) is 2.57. The Hall–Kier alpha value is -0.570. The third kappa shape index (κ3) is 1.97. The molecule has 3 heteroatoms. The fourth-order valence-corrected chi connectivity index (χ4v) is 1.56. The van der Waals surface area contributed by atoms with Crippen LogP contribution in [0.5, 0.6) is 0 Å². The predicted octanol–water partition coefficient (Wildman–Crippen LogP) is 1.10. The number of nitrogens with zero attached hydrogens (tertiary/aromatic N) is 1. The van der Waals surface area contributed by atoms with Crippen molar-refractivity contribution in [2.45, 2.75) is 19.3 Å². The number of morpholine rings is 1. The van der Waals surface area contributed by atoms with E-state index in [1.165, 1.54) is 12.8 Å². The Kier molecular flexibility index (Phi) is 2.30. The van der Waals surface area contributed by atoms with Gasteiger partial charge in [-0.1, -0.05) is 0 Å². The standard InChI is InChI=1S/C9H16N2O/c10-9(7-8-1-2-8)11-3-5-12-6-4-11/h8,10H,1-7H2. The summed E-state index contributed by atoms with van der Waals surface area (Å²) >= 11 is 0. The van der Waals surface area contributed by atoms with Crippen molar-refractivity contribution in [2.75, 3.05) is 26.3 Å². The van der Waals surface area contributed by atoms with E-state index in [9.17, 15) is 0 Å². The molecule has 1 saturated carbocycles. The SMILES string of the molecule is N=C(CC1CC1)N1CCOCC1. The van der Waals surface area contributed by atoms with Crippen LogP contribution in [0.4, 0.5) is 0 Å². The molecule has 2 fully saturated rings. The van der Waals surface area contributed by atoms with Gasteiger partial charge in [-0.25, -0.2) is 0 Å². The van der Waals surface area contributed by atoms with Crippen LogP contribution in [0.3, 0.4) is 0 Å². The fourth-order valence-electron chi connectivity index (χ4n) is 1.56. The van der Waals surface area contributed by atoms with E-state index in [1.807, 2.05) is 0 Å². The van der Waals surface area contributed by atoms with Crippen LogP contribution in [-0.4, -0.2) is 37.0 Å². The first-order valence-corrected chi connectivity index (χ1v) is 4.76. The minimum atomic E-state index is 0.799. The topological polar surface area (TPSA) is 36.3 Å². The molecule has 1 N–H and O–H groups in total. The van der Waals surface area contributed by atoms with Gasteiger partial charge < -0.3 is 9.64 Å². The van der Waals surface area contributed by atoms with Crippen LogP contribution >= 0.6 is 0 Å². The van der Waals surface area contributed by atoms with Crippen molar-refractivity contribution in [1.29, 1.82) is 5.41 Å². The van der Waals surface area contributed by atoms with Crippen LogP contribution in [-0.2, 0) is 4.74 Å². The number of rotatable bonds is 2. The smallest absolute Gasteiger partial charge is 0.0962 e. The Morgan fingerprint density at radius 3 is 2.58 bits per heavy atom. The van der Waals surface area contributed by atoms with Gasteiger partial charge in [0.15, 0.2) is 0 Å². The maximum atomic E-state index is 7.82. The summed E-state index contributed by atoms with van der Waals surface area (Å²) < 4.78 is 5.23. The summed E-state index contributed by atoms with van der Waals surface area (Å²) in [4.78, 5) is 2.15. The Morgan fingerprint density at radius 2 is 2.00 bits per heavy atom. The lowest BCUT2D eigenvalue weighted by atomic mass is 10.2. The normalized spacial score (nSPS) is 24.2. The molecule has 0 atom stereocenters. The molecule has 12 heavy (non-hydrogen) atoms. The Morgan fingerprint density at radius 1 is 1.33 bits per heavy atom. The third-order valence-corrected chi connectivity index (χ3v) is 2.57. The molecule has 0 amide bonds. The van der Waals surface area contributed by atoms with Gasteiger partial charge in [0, 0.05) is 19.5 Å². The van der Waals surface area contributed by atoms with E-state index in [4.69, 9.17) is 10.1 Å². The molecule has 0 unspecified atom stereocenters. The Bertz CT molecular complexity index is 171. The van der Waals surface area contributed by atoms with Crippen LogP contribution in [0, 0.1) is 11.3 Å². The van der Waals surface area contributed by atoms with Crippen molar-refractivity contribution < 1.29 is 4.74 Å². The van der Waals surface area contributed by atoms with Gasteiger partial charge in [-0.2, -0.15) is 0 Å². The highest BCUT2D eigenvalue weighted by Crippen LogP contribution is 2.32. The first kappa shape index (κ1) is 8.05. The molecule has 0 aromatic rings. The molecule has 0 radical (unpaired) electrons. The van der Waals surface area contributed by atoms with Gasteiger partial charge in [0.2, 0.25) is 0 Å². The molecule has 1 saturated heterocycles. The maximum Gasteiger partial charge on any atom is 0.0962 e. The van der Waals surface area contributed by atoms with Crippen molar-refractivity contribution in [3.63, 3.8) is 0 Å². The van der Waals surface area contributed by atoms with Crippen molar-refractivity contribution in [1.82, 2.24) is 4.90 Å². The Balaban J connectivity index is 1.76. The van der Waals surface area contributed by atoms with E-state index < -0.39 is 0 Å². The lowest BCUT2D eigenvalue weighted by Gasteiger charge is -2.29. The van der Waals surface area contributed by atoms with Crippen LogP contribution in [0.1, 0.15) is 19.3 Å². The first-order valence-electron chi connectivity index (χ1n) is 4.76. The van der Waals surface area contributed by atoms with Crippen LogP contribution < -0.4 is 0 Å². The van der Waals surface area contributed by atoms with E-state index in [-0.39, 0.29) is 0 Å². The fraction of sp³-hybridized carbons (Fsp3) is 0.889. The van der Waals surface area contributed by atoms with Crippen LogP contribution in [0.15, 0.2) is 0 Å². The molecule has 0 aromatic heterocycles. The number of hydrogen-bond acceptors (Lipinski definition) is 2. The monoisotopic (exact) mass is 168 g/mol. The van der Waals surface area contributed by atoms with Gasteiger partial charge in [-0.05, 0) is 18.8 Å². The van der Waals surface area contributed by atoms with Gasteiger partial charge in [0.25, 0.3) is 0 Å². The highest BCUT2D eigenvalue weighted by molar-refractivity contribution is 5.79. The molecular weight excluding hydrogens is 152 g/mol. The summed E-state index contributed by atoms with van der Waals surface area (Å²) in [5.41, 5.74) is 0. The van der Waals surface area contributed by atoms with Gasteiger partial charge in [0.05, 0.1) is 19.0 Å². The molecule has 2 rings (SSSR count). The van der Waals surface area contributed by atoms with Gasteiger partial charge in [0.1, 0.15) is 0 Å². The number of ether oxygens (including phenoxy) is 1. The molecule has 1 aliphatic carbocycles. The minimum absolute atomic E-state index is 0.799. The zero-order valence-electron chi connectivity index (χ0n) is 7.38. The molecule has 68 valence electrons. The van der Waals surface area contributed by atoms with Crippen molar-refractivity contribution in [3.8, 4) is 0 Å². The number of nitrogens with one attached hydrogen (secondary N) is 1. The molecule has 1 heterocycles. The molecule has 2 aliphatic rings. The van der Waals surface area contributed by atoms with Crippen LogP contribution in [0.2, 0.25) is 0 Å². The highest BCUT2D eigenvalue weighted by Gasteiger charge is 2.25. The summed E-state index contributed by atoms with van der Waals surface area (Å²) in [5.74, 6) is 1.67. The molecule has 1 aliphatic heterocycles. The summed E-state index contributed by atoms with van der Waals surface area (Å²) in [7, 11) is 0. The average molecular weight is 168 g/mol. The molecule has 0 spiro atoms. The zero-order valence-corrected chi connectivity index (χ0v) is 7.38. The number of amidine groups is 1. The van der Waals surface area contributed by atoms with E-state index >= 15 is 0 Å². The zero-order chi connectivity index (χ0) is 8.39. The summed E-state index contributed by atoms with van der Waals surface area (Å²) in [6.07, 6.45) is 3.68. The van der Waals surface area contributed by atoms with Crippen LogP contribution in [0.25, 0.3) is 0 Å². The molecule has 0 aromatic carbocycles. The number of hydrogen-bond donors (Lipinski definition) is 1. The average Bonchev–Trinajstić information content (AvgIpc) is 2.90. The minimum Gasteiger partial charge on any atom is -0.378 e. The molecule has 3 nitrogen and oxygen atoms in total. The van der Waals surface area contributed by atoms with Gasteiger partial charge >= 0.3 is 0 Å².